The van der Waals surface area contributed by atoms with Gasteiger partial charge in [0, 0.05) is 33.9 Å². The summed E-state index contributed by atoms with van der Waals surface area (Å²) in [5.74, 6) is 5.25. The van der Waals surface area contributed by atoms with E-state index in [0.717, 1.165) is 45.6 Å². The largest absolute Gasteiger partial charge is 0.256 e. The molecule has 12 rings (SSSR count). The predicted molar refractivity (Wildman–Crippen MR) is 200 cm³/mol. The van der Waals surface area contributed by atoms with Crippen molar-refractivity contribution in [2.24, 2.45) is 23.7 Å². The van der Waals surface area contributed by atoms with Crippen LogP contribution in [0.25, 0.3) is 67.3 Å². The van der Waals surface area contributed by atoms with Crippen LogP contribution in [-0.4, -0.2) is 19.9 Å². The van der Waals surface area contributed by atoms with E-state index in [1.165, 1.54) is 59.6 Å². The van der Waals surface area contributed by atoms with Crippen molar-refractivity contribution in [3.05, 3.63) is 145 Å². The number of rotatable bonds is 4. The highest BCUT2D eigenvalue weighted by molar-refractivity contribution is 6.03. The number of nitrogens with zero attached hydrogens (tertiary/aromatic N) is 4. The molecule has 5 aromatic carbocycles. The molecule has 0 atom stereocenters. The van der Waals surface area contributed by atoms with Crippen LogP contribution in [0.4, 0.5) is 0 Å². The third kappa shape index (κ3) is 4.11. The van der Waals surface area contributed by atoms with Gasteiger partial charge in [0.05, 0.1) is 5.69 Å². The first-order valence-corrected chi connectivity index (χ1v) is 18.2. The molecule has 1 spiro atoms. The molecule has 4 fully saturated rings. The van der Waals surface area contributed by atoms with E-state index in [1.807, 2.05) is 42.6 Å². The standard InChI is InChI=1S/C46H36N4/c1-2-9-32(10-3-1)43-48-44(33-15-13-31(14-16-33)41-12-6-7-21-47-41)50-45(49-43)34-17-19-38-40(27-34)46(35-23-28-22-29(25-35)26-36(46)24-28)39-20-18-30-8-4-5-11-37(30)42(38)39/h1-21,27-29,35-36H,22-26H2. The summed E-state index contributed by atoms with van der Waals surface area (Å²) in [6, 6.07) is 45.7. The van der Waals surface area contributed by atoms with E-state index in [1.54, 1.807) is 5.56 Å². The van der Waals surface area contributed by atoms with Crippen LogP contribution in [0.3, 0.4) is 0 Å². The Balaban J connectivity index is 1.10. The number of benzene rings is 5. The van der Waals surface area contributed by atoms with E-state index < -0.39 is 0 Å². The van der Waals surface area contributed by atoms with Gasteiger partial charge in [-0.3, -0.25) is 4.98 Å². The Morgan fingerprint density at radius 3 is 1.82 bits per heavy atom. The zero-order valence-electron chi connectivity index (χ0n) is 27.8. The van der Waals surface area contributed by atoms with Crippen LogP contribution in [0, 0.1) is 23.7 Å². The number of fused-ring (bicyclic) bond motifs is 5. The topological polar surface area (TPSA) is 51.6 Å². The van der Waals surface area contributed by atoms with Gasteiger partial charge in [0.2, 0.25) is 0 Å². The molecule has 2 heterocycles. The van der Waals surface area contributed by atoms with Crippen molar-refractivity contribution in [2.45, 2.75) is 37.5 Å². The van der Waals surface area contributed by atoms with E-state index in [4.69, 9.17) is 15.0 Å². The average Bonchev–Trinajstić information content (AvgIpc) is 3.48. The van der Waals surface area contributed by atoms with Crippen molar-refractivity contribution in [3.63, 3.8) is 0 Å². The molecule has 0 saturated heterocycles. The molecule has 0 unspecified atom stereocenters. The summed E-state index contributed by atoms with van der Waals surface area (Å²) in [7, 11) is 0. The van der Waals surface area contributed by atoms with E-state index in [-0.39, 0.29) is 5.41 Å². The minimum absolute atomic E-state index is 0.0531. The van der Waals surface area contributed by atoms with Gasteiger partial charge in [-0.2, -0.15) is 0 Å². The summed E-state index contributed by atoms with van der Waals surface area (Å²) in [4.78, 5) is 20.0. The molecule has 240 valence electrons. The minimum Gasteiger partial charge on any atom is -0.256 e. The normalized spacial score (nSPS) is 24.1. The highest BCUT2D eigenvalue weighted by atomic mass is 15.0. The molecular formula is C46H36N4. The van der Waals surface area contributed by atoms with Crippen LogP contribution in [-0.2, 0) is 5.41 Å². The van der Waals surface area contributed by atoms with E-state index in [0.29, 0.717) is 23.5 Å². The lowest BCUT2D eigenvalue weighted by Crippen LogP contribution is -2.55. The second-order valence-corrected chi connectivity index (χ2v) is 15.1. The van der Waals surface area contributed by atoms with Crippen molar-refractivity contribution in [3.8, 4) is 56.5 Å². The monoisotopic (exact) mass is 644 g/mol. The second kappa shape index (κ2) is 10.8. The Hall–Kier alpha value is -5.48. The molecule has 7 aromatic rings. The molecule has 4 heteroatoms. The highest BCUT2D eigenvalue weighted by Crippen LogP contribution is 2.70. The maximum absolute atomic E-state index is 5.21. The van der Waals surface area contributed by atoms with Crippen LogP contribution < -0.4 is 0 Å². The summed E-state index contributed by atoms with van der Waals surface area (Å²) in [5, 5.41) is 2.71. The first-order valence-electron chi connectivity index (χ1n) is 18.2. The molecule has 0 radical (unpaired) electrons. The third-order valence-electron chi connectivity index (χ3n) is 12.6. The van der Waals surface area contributed by atoms with Gasteiger partial charge in [-0.25, -0.2) is 15.0 Å². The smallest absolute Gasteiger partial charge is 0.164 e. The average molecular weight is 645 g/mol. The fourth-order valence-corrected chi connectivity index (χ4v) is 10.8. The van der Waals surface area contributed by atoms with Crippen LogP contribution >= 0.6 is 0 Å². The first-order chi connectivity index (χ1) is 24.7. The van der Waals surface area contributed by atoms with Gasteiger partial charge < -0.3 is 0 Å². The summed E-state index contributed by atoms with van der Waals surface area (Å²) >= 11 is 0. The van der Waals surface area contributed by atoms with Gasteiger partial charge in [-0.1, -0.05) is 109 Å². The number of hydrogen-bond donors (Lipinski definition) is 0. The van der Waals surface area contributed by atoms with Gasteiger partial charge in [0.25, 0.3) is 0 Å². The maximum Gasteiger partial charge on any atom is 0.164 e. The van der Waals surface area contributed by atoms with Crippen LogP contribution in [0.15, 0.2) is 134 Å². The molecular weight excluding hydrogens is 609 g/mol. The zero-order valence-corrected chi connectivity index (χ0v) is 27.8. The number of hydrogen-bond acceptors (Lipinski definition) is 4. The molecule has 0 N–H and O–H groups in total. The van der Waals surface area contributed by atoms with Gasteiger partial charge >= 0.3 is 0 Å². The predicted octanol–water partition coefficient (Wildman–Crippen LogP) is 10.8. The van der Waals surface area contributed by atoms with Crippen molar-refractivity contribution >= 4 is 10.8 Å². The Kier molecular flexibility index (Phi) is 6.10. The summed E-state index contributed by atoms with van der Waals surface area (Å²) in [6.45, 7) is 0. The summed E-state index contributed by atoms with van der Waals surface area (Å²) < 4.78 is 0. The van der Waals surface area contributed by atoms with Crippen molar-refractivity contribution in [2.75, 3.05) is 0 Å². The van der Waals surface area contributed by atoms with Gasteiger partial charge in [-0.05, 0) is 107 Å². The maximum atomic E-state index is 5.21. The lowest BCUT2D eigenvalue weighted by atomic mass is 9.43. The molecule has 4 nitrogen and oxygen atoms in total. The van der Waals surface area contributed by atoms with Gasteiger partial charge in [0.1, 0.15) is 0 Å². The SMILES string of the molecule is c1ccc(-c2nc(-c3ccc(-c4ccccn4)cc3)nc(-c3ccc4c(c3)C3(c5ccc6ccccc6c5-4)C4CC5CC(C4)CC3C5)n2)cc1. The fraction of sp³-hybridized carbons (Fsp3) is 0.217. The van der Waals surface area contributed by atoms with Crippen molar-refractivity contribution in [1.29, 1.82) is 0 Å². The lowest BCUT2D eigenvalue weighted by Gasteiger charge is -2.61. The fourth-order valence-electron chi connectivity index (χ4n) is 10.8. The Labute approximate surface area is 292 Å². The van der Waals surface area contributed by atoms with Crippen LogP contribution in [0.2, 0.25) is 0 Å². The number of aromatic nitrogens is 4. The number of pyridine rings is 1. The Bertz CT molecular complexity index is 2410. The van der Waals surface area contributed by atoms with Crippen LogP contribution in [0.1, 0.15) is 43.2 Å². The molecule has 50 heavy (non-hydrogen) atoms. The van der Waals surface area contributed by atoms with E-state index in [9.17, 15) is 0 Å². The van der Waals surface area contributed by atoms with Crippen LogP contribution in [0.5, 0.6) is 0 Å². The third-order valence-corrected chi connectivity index (χ3v) is 12.6. The molecule has 4 saturated carbocycles. The van der Waals surface area contributed by atoms with E-state index >= 15 is 0 Å². The van der Waals surface area contributed by atoms with E-state index in [2.05, 4.69) is 96.0 Å². The van der Waals surface area contributed by atoms with Gasteiger partial charge in [0.15, 0.2) is 17.5 Å². The van der Waals surface area contributed by atoms with Crippen molar-refractivity contribution in [1.82, 2.24) is 19.9 Å². The lowest BCUT2D eigenvalue weighted by molar-refractivity contribution is -0.0399. The highest BCUT2D eigenvalue weighted by Gasteiger charge is 2.61. The zero-order chi connectivity index (χ0) is 32.8. The second-order valence-electron chi connectivity index (χ2n) is 15.1. The summed E-state index contributed by atoms with van der Waals surface area (Å²) in [6.07, 6.45) is 8.69. The molecule has 2 aromatic heterocycles. The quantitative estimate of drug-likeness (QED) is 0.191. The molecule has 0 amide bonds. The molecule has 5 aliphatic carbocycles. The van der Waals surface area contributed by atoms with Gasteiger partial charge in [-0.15, -0.1) is 0 Å². The molecule has 5 aliphatic rings. The minimum atomic E-state index is 0.0531. The summed E-state index contributed by atoms with van der Waals surface area (Å²) in [5.41, 5.74) is 11.1. The van der Waals surface area contributed by atoms with Crippen molar-refractivity contribution < 1.29 is 0 Å². The molecule has 0 aliphatic heterocycles. The first kappa shape index (κ1) is 28.4. The molecule has 4 bridgehead atoms. The Morgan fingerprint density at radius 1 is 0.480 bits per heavy atom. The Morgan fingerprint density at radius 2 is 1.10 bits per heavy atom.